The highest BCUT2D eigenvalue weighted by Gasteiger charge is 2.19. The van der Waals surface area contributed by atoms with E-state index in [9.17, 15) is 14.4 Å². The molecule has 8 nitrogen and oxygen atoms in total. The quantitative estimate of drug-likeness (QED) is 0.374. The van der Waals surface area contributed by atoms with Crippen LogP contribution < -0.4 is 10.1 Å². The van der Waals surface area contributed by atoms with Crippen LogP contribution in [0, 0.1) is 6.92 Å². The average molecular weight is 441 g/mol. The Bertz CT molecular complexity index is 1410. The molecular weight excluding hydrogens is 422 g/mol. The Hall–Kier alpha value is -4.46. The van der Waals surface area contributed by atoms with Gasteiger partial charge < -0.3 is 14.8 Å². The fourth-order valence-electron chi connectivity index (χ4n) is 3.78. The molecule has 164 valence electrons. The van der Waals surface area contributed by atoms with E-state index in [4.69, 9.17) is 9.47 Å². The number of imidazole rings is 1. The molecule has 8 heteroatoms. The highest BCUT2D eigenvalue weighted by molar-refractivity contribution is 6.02. The third-order valence-corrected chi connectivity index (χ3v) is 5.34. The third-order valence-electron chi connectivity index (χ3n) is 5.34. The first-order chi connectivity index (χ1) is 16.0. The Morgan fingerprint density at radius 2 is 1.85 bits per heavy atom. The molecule has 4 aromatic rings. The van der Waals surface area contributed by atoms with Crippen LogP contribution in [-0.2, 0) is 9.53 Å². The summed E-state index contributed by atoms with van der Waals surface area (Å²) in [4.78, 5) is 41.1. The molecule has 1 aliphatic heterocycles. The summed E-state index contributed by atoms with van der Waals surface area (Å²) in [6, 6.07) is 19.6. The zero-order valence-corrected chi connectivity index (χ0v) is 17.7. The van der Waals surface area contributed by atoms with Crippen molar-refractivity contribution in [2.45, 2.75) is 6.92 Å². The van der Waals surface area contributed by atoms with Crippen LogP contribution in [0.5, 0.6) is 5.75 Å². The highest BCUT2D eigenvalue weighted by Crippen LogP contribution is 2.28. The molecule has 1 amide bonds. The number of hydrogen-bond donors (Lipinski definition) is 1. The Labute approximate surface area is 188 Å². The number of aryl methyl sites for hydroxylation is 1. The number of anilines is 1. The minimum atomic E-state index is -0.619. The molecule has 33 heavy (non-hydrogen) atoms. The molecular formula is C25H19N3O5. The van der Waals surface area contributed by atoms with E-state index in [0.717, 1.165) is 17.0 Å². The second-order valence-corrected chi connectivity index (χ2v) is 7.58. The van der Waals surface area contributed by atoms with E-state index in [2.05, 4.69) is 10.3 Å². The number of ether oxygens (including phenoxy) is 2. The molecule has 1 aromatic heterocycles. The van der Waals surface area contributed by atoms with Gasteiger partial charge in [0.1, 0.15) is 11.6 Å². The summed E-state index contributed by atoms with van der Waals surface area (Å²) in [5.41, 5.74) is 3.52. The van der Waals surface area contributed by atoms with Crippen LogP contribution in [-0.4, -0.2) is 40.4 Å². The summed E-state index contributed by atoms with van der Waals surface area (Å²) < 4.78 is 12.5. The van der Waals surface area contributed by atoms with Crippen LogP contribution in [0.1, 0.15) is 26.5 Å². The number of amides is 1. The van der Waals surface area contributed by atoms with Gasteiger partial charge in [0.05, 0.1) is 22.3 Å². The summed E-state index contributed by atoms with van der Waals surface area (Å²) in [7, 11) is 0. The summed E-state index contributed by atoms with van der Waals surface area (Å²) in [5, 5.41) is 2.65. The number of para-hydroxylation sites is 1. The van der Waals surface area contributed by atoms with Crippen LogP contribution >= 0.6 is 0 Å². The molecule has 0 saturated carbocycles. The maximum absolute atomic E-state index is 12.6. The first-order valence-corrected chi connectivity index (χ1v) is 10.3. The van der Waals surface area contributed by atoms with E-state index in [0.29, 0.717) is 28.1 Å². The van der Waals surface area contributed by atoms with Crippen molar-refractivity contribution in [2.24, 2.45) is 0 Å². The van der Waals surface area contributed by atoms with E-state index >= 15 is 0 Å². The van der Waals surface area contributed by atoms with Crippen molar-refractivity contribution in [3.63, 3.8) is 0 Å². The summed E-state index contributed by atoms with van der Waals surface area (Å²) in [6.07, 6.45) is 0. The van der Waals surface area contributed by atoms with Gasteiger partial charge >= 0.3 is 5.97 Å². The van der Waals surface area contributed by atoms with E-state index < -0.39 is 18.4 Å². The number of carbonyl (C=O) groups excluding carboxylic acids is 3. The van der Waals surface area contributed by atoms with E-state index in [1.807, 2.05) is 47.9 Å². The minimum absolute atomic E-state index is 0.0641. The zero-order valence-electron chi connectivity index (χ0n) is 17.7. The third kappa shape index (κ3) is 3.94. The Kier molecular flexibility index (Phi) is 5.10. The minimum Gasteiger partial charge on any atom is -0.482 e. The number of fused-ring (bicyclic) bond motifs is 2. The van der Waals surface area contributed by atoms with Gasteiger partial charge in [-0.15, -0.1) is 0 Å². The fraction of sp³-hybridized carbons (Fsp3) is 0.120. The zero-order chi connectivity index (χ0) is 22.9. The molecule has 0 bridgehead atoms. The molecule has 2 heterocycles. The maximum Gasteiger partial charge on any atom is 0.338 e. The second-order valence-electron chi connectivity index (χ2n) is 7.58. The van der Waals surface area contributed by atoms with Gasteiger partial charge in [-0.05, 0) is 55.5 Å². The normalized spacial score (nSPS) is 12.6. The maximum atomic E-state index is 12.6. The lowest BCUT2D eigenvalue weighted by atomic mass is 10.1. The standard InChI is InChI=1S/C25H19N3O5/c1-15-26-19-12-17(7-9-21(19)28(15)18-5-3-2-4-6-18)25(31)33-13-22(29)16-8-10-23-20(11-16)27-24(30)14-32-23/h2-12H,13-14H2,1H3,(H,27,30). The number of nitrogens with zero attached hydrogens (tertiary/aromatic N) is 2. The number of ketones is 1. The van der Waals surface area contributed by atoms with Crippen molar-refractivity contribution < 1.29 is 23.9 Å². The second kappa shape index (κ2) is 8.23. The van der Waals surface area contributed by atoms with E-state index in [1.54, 1.807) is 24.3 Å². The van der Waals surface area contributed by atoms with Gasteiger partial charge in [0, 0.05) is 11.3 Å². The molecule has 0 saturated heterocycles. The molecule has 1 N–H and O–H groups in total. The molecule has 0 aliphatic carbocycles. The lowest BCUT2D eigenvalue weighted by Gasteiger charge is -2.18. The monoisotopic (exact) mass is 441 g/mol. The molecule has 0 fully saturated rings. The summed E-state index contributed by atoms with van der Waals surface area (Å²) in [5.74, 6) is -0.0241. The Morgan fingerprint density at radius 3 is 2.67 bits per heavy atom. The van der Waals surface area contributed by atoms with E-state index in [-0.39, 0.29) is 12.5 Å². The van der Waals surface area contributed by atoms with Crippen LogP contribution in [0.2, 0.25) is 0 Å². The van der Waals surface area contributed by atoms with Gasteiger partial charge in [-0.2, -0.15) is 0 Å². The van der Waals surface area contributed by atoms with Gasteiger partial charge in [-0.1, -0.05) is 18.2 Å². The number of esters is 1. The van der Waals surface area contributed by atoms with Crippen molar-refractivity contribution in [1.82, 2.24) is 9.55 Å². The van der Waals surface area contributed by atoms with Crippen LogP contribution in [0.25, 0.3) is 16.7 Å². The highest BCUT2D eigenvalue weighted by atomic mass is 16.5. The number of carbonyl (C=O) groups is 3. The van der Waals surface area contributed by atoms with Gasteiger partial charge in [0.25, 0.3) is 5.91 Å². The van der Waals surface area contributed by atoms with Crippen LogP contribution in [0.4, 0.5) is 5.69 Å². The number of hydrogen-bond acceptors (Lipinski definition) is 6. The summed E-state index contributed by atoms with van der Waals surface area (Å²) >= 11 is 0. The largest absolute Gasteiger partial charge is 0.482 e. The van der Waals surface area contributed by atoms with Crippen molar-refractivity contribution in [1.29, 1.82) is 0 Å². The molecule has 0 unspecified atom stereocenters. The Balaban J connectivity index is 1.31. The number of Topliss-reactive ketones (excluding diaryl/α,β-unsaturated/α-hetero) is 1. The number of benzene rings is 3. The fourth-order valence-corrected chi connectivity index (χ4v) is 3.78. The van der Waals surface area contributed by atoms with Gasteiger partial charge in [-0.25, -0.2) is 9.78 Å². The predicted octanol–water partition coefficient (Wildman–Crippen LogP) is 3.70. The number of rotatable bonds is 5. The topological polar surface area (TPSA) is 99.5 Å². The van der Waals surface area contributed by atoms with Crippen molar-refractivity contribution in [3.05, 3.63) is 83.7 Å². The average Bonchev–Trinajstić information content (AvgIpc) is 3.17. The molecule has 5 rings (SSSR count). The molecule has 0 radical (unpaired) electrons. The van der Waals surface area contributed by atoms with Crippen molar-refractivity contribution in [3.8, 4) is 11.4 Å². The molecule has 1 aliphatic rings. The van der Waals surface area contributed by atoms with Crippen LogP contribution in [0.3, 0.4) is 0 Å². The van der Waals surface area contributed by atoms with Crippen molar-refractivity contribution in [2.75, 3.05) is 18.5 Å². The Morgan fingerprint density at radius 1 is 1.06 bits per heavy atom. The van der Waals surface area contributed by atoms with Gasteiger partial charge in [0.2, 0.25) is 0 Å². The molecule has 0 spiro atoms. The molecule has 0 atom stereocenters. The predicted molar refractivity (Wildman–Crippen MR) is 121 cm³/mol. The van der Waals surface area contributed by atoms with Crippen LogP contribution in [0.15, 0.2) is 66.7 Å². The van der Waals surface area contributed by atoms with Crippen molar-refractivity contribution >= 4 is 34.4 Å². The number of aromatic nitrogens is 2. The SMILES string of the molecule is Cc1nc2cc(C(=O)OCC(=O)c3ccc4c(c3)NC(=O)CO4)ccc2n1-c1ccccc1. The molecule has 3 aromatic carbocycles. The van der Waals surface area contributed by atoms with Gasteiger partial charge in [0.15, 0.2) is 19.0 Å². The van der Waals surface area contributed by atoms with E-state index in [1.165, 1.54) is 6.07 Å². The smallest absolute Gasteiger partial charge is 0.338 e. The lowest BCUT2D eigenvalue weighted by molar-refractivity contribution is -0.118. The summed E-state index contributed by atoms with van der Waals surface area (Å²) in [6.45, 7) is 1.41. The first-order valence-electron chi connectivity index (χ1n) is 10.3. The lowest BCUT2D eigenvalue weighted by Crippen LogP contribution is -2.25. The first kappa shape index (κ1) is 20.4. The number of nitrogens with one attached hydrogen (secondary N) is 1. The van der Waals surface area contributed by atoms with Gasteiger partial charge in [-0.3, -0.25) is 14.2 Å².